The van der Waals surface area contributed by atoms with Gasteiger partial charge < -0.3 is 5.32 Å². The van der Waals surface area contributed by atoms with E-state index in [-0.39, 0.29) is 5.92 Å². The maximum atomic E-state index is 8.70. The quantitative estimate of drug-likeness (QED) is 0.797. The Morgan fingerprint density at radius 3 is 2.53 bits per heavy atom. The predicted molar refractivity (Wildman–Crippen MR) is 62.3 cm³/mol. The number of nitrogens with zero attached hydrogens (tertiary/aromatic N) is 1. The second-order valence-corrected chi connectivity index (χ2v) is 3.81. The van der Waals surface area contributed by atoms with Gasteiger partial charge in [-0.15, -0.1) is 0 Å². The van der Waals surface area contributed by atoms with Crippen LogP contribution in [0.3, 0.4) is 0 Å². The van der Waals surface area contributed by atoms with Gasteiger partial charge in [0.15, 0.2) is 0 Å². The van der Waals surface area contributed by atoms with Crippen molar-refractivity contribution in [1.29, 1.82) is 5.26 Å². The average molecular weight is 202 g/mol. The molecule has 0 aliphatic rings. The first-order valence-corrected chi connectivity index (χ1v) is 5.45. The van der Waals surface area contributed by atoms with Crippen LogP contribution in [0.1, 0.15) is 31.9 Å². The minimum Gasteiger partial charge on any atom is -0.309 e. The van der Waals surface area contributed by atoms with E-state index in [1.54, 1.807) is 0 Å². The smallest absolute Gasteiger partial charge is 0.0666 e. The fourth-order valence-corrected chi connectivity index (χ4v) is 1.55. The molecule has 2 heteroatoms. The number of rotatable bonds is 5. The molecule has 0 amide bonds. The lowest BCUT2D eigenvalue weighted by Gasteiger charge is -2.17. The van der Waals surface area contributed by atoms with Crippen LogP contribution in [-0.2, 0) is 0 Å². The monoisotopic (exact) mass is 202 g/mol. The van der Waals surface area contributed by atoms with Crippen molar-refractivity contribution in [3.63, 3.8) is 0 Å². The van der Waals surface area contributed by atoms with E-state index < -0.39 is 0 Å². The Labute approximate surface area is 91.9 Å². The van der Waals surface area contributed by atoms with Crippen LogP contribution in [0.15, 0.2) is 30.3 Å². The van der Waals surface area contributed by atoms with Crippen LogP contribution in [0.25, 0.3) is 0 Å². The molecule has 0 aromatic heterocycles. The van der Waals surface area contributed by atoms with E-state index >= 15 is 0 Å². The zero-order valence-electron chi connectivity index (χ0n) is 9.40. The highest BCUT2D eigenvalue weighted by molar-refractivity contribution is 5.18. The van der Waals surface area contributed by atoms with Gasteiger partial charge in [0.25, 0.3) is 0 Å². The SMILES string of the molecule is CCC(NCC(C)C#N)c1ccccc1. The van der Waals surface area contributed by atoms with Crippen molar-refractivity contribution in [2.45, 2.75) is 26.3 Å². The van der Waals surface area contributed by atoms with Gasteiger partial charge >= 0.3 is 0 Å². The van der Waals surface area contributed by atoms with Gasteiger partial charge in [0.1, 0.15) is 0 Å². The highest BCUT2D eigenvalue weighted by atomic mass is 14.9. The number of hydrogen-bond donors (Lipinski definition) is 1. The molecule has 2 unspecified atom stereocenters. The fourth-order valence-electron chi connectivity index (χ4n) is 1.55. The summed E-state index contributed by atoms with van der Waals surface area (Å²) < 4.78 is 0. The second-order valence-electron chi connectivity index (χ2n) is 3.81. The Balaban J connectivity index is 2.54. The molecular formula is C13H18N2. The van der Waals surface area contributed by atoms with Gasteiger partial charge in [0, 0.05) is 12.6 Å². The Morgan fingerprint density at radius 2 is 2.00 bits per heavy atom. The predicted octanol–water partition coefficient (Wildman–Crippen LogP) is 2.89. The molecule has 0 saturated heterocycles. The zero-order chi connectivity index (χ0) is 11.1. The minimum atomic E-state index is 0.0720. The van der Waals surface area contributed by atoms with Gasteiger partial charge in [-0.3, -0.25) is 0 Å². The standard InChI is InChI=1S/C13H18N2/c1-3-13(15-10-11(2)9-14)12-7-5-4-6-8-12/h4-8,11,13,15H,3,10H2,1-2H3. The summed E-state index contributed by atoms with van der Waals surface area (Å²) in [6, 6.07) is 13.0. The van der Waals surface area contributed by atoms with Crippen molar-refractivity contribution in [2.75, 3.05) is 6.54 Å². The summed E-state index contributed by atoms with van der Waals surface area (Å²) in [6.45, 7) is 4.84. The first-order valence-electron chi connectivity index (χ1n) is 5.45. The lowest BCUT2D eigenvalue weighted by molar-refractivity contribution is 0.488. The van der Waals surface area contributed by atoms with Crippen LogP contribution in [0, 0.1) is 17.2 Å². The van der Waals surface area contributed by atoms with Crippen molar-refractivity contribution in [3.8, 4) is 6.07 Å². The molecule has 0 aliphatic heterocycles. The van der Waals surface area contributed by atoms with Gasteiger partial charge in [0.2, 0.25) is 0 Å². The summed E-state index contributed by atoms with van der Waals surface area (Å²) in [7, 11) is 0. The molecule has 0 bridgehead atoms. The van der Waals surface area contributed by atoms with Gasteiger partial charge in [-0.2, -0.15) is 5.26 Å². The van der Waals surface area contributed by atoms with E-state index in [1.807, 2.05) is 25.1 Å². The van der Waals surface area contributed by atoms with Crippen LogP contribution < -0.4 is 5.32 Å². The summed E-state index contributed by atoms with van der Waals surface area (Å²) in [5.41, 5.74) is 1.30. The Morgan fingerprint density at radius 1 is 1.33 bits per heavy atom. The van der Waals surface area contributed by atoms with Crippen LogP contribution in [0.2, 0.25) is 0 Å². The third-order valence-electron chi connectivity index (χ3n) is 2.50. The third kappa shape index (κ3) is 3.73. The van der Waals surface area contributed by atoms with Crippen molar-refractivity contribution in [2.24, 2.45) is 5.92 Å². The van der Waals surface area contributed by atoms with Crippen LogP contribution in [0.5, 0.6) is 0 Å². The average Bonchev–Trinajstić information content (AvgIpc) is 2.31. The molecule has 0 saturated carbocycles. The van der Waals surface area contributed by atoms with Gasteiger partial charge in [-0.05, 0) is 18.9 Å². The van der Waals surface area contributed by atoms with Crippen molar-refractivity contribution in [3.05, 3.63) is 35.9 Å². The maximum Gasteiger partial charge on any atom is 0.0666 e. The van der Waals surface area contributed by atoms with E-state index in [1.165, 1.54) is 5.56 Å². The normalized spacial score (nSPS) is 14.2. The van der Waals surface area contributed by atoms with Crippen LogP contribution in [0.4, 0.5) is 0 Å². The zero-order valence-corrected chi connectivity index (χ0v) is 9.40. The first kappa shape index (κ1) is 11.7. The summed E-state index contributed by atoms with van der Waals surface area (Å²) in [6.07, 6.45) is 1.04. The van der Waals surface area contributed by atoms with E-state index in [9.17, 15) is 0 Å². The van der Waals surface area contributed by atoms with Crippen molar-refractivity contribution in [1.82, 2.24) is 5.32 Å². The topological polar surface area (TPSA) is 35.8 Å². The van der Waals surface area contributed by atoms with Crippen LogP contribution >= 0.6 is 0 Å². The Kier molecular flexibility index (Phi) is 4.86. The number of nitriles is 1. The molecule has 0 spiro atoms. The molecule has 1 N–H and O–H groups in total. The Bertz CT molecular complexity index is 313. The molecule has 0 heterocycles. The van der Waals surface area contributed by atoms with Crippen molar-refractivity contribution < 1.29 is 0 Å². The highest BCUT2D eigenvalue weighted by Gasteiger charge is 2.09. The summed E-state index contributed by atoms with van der Waals surface area (Å²) in [5, 5.41) is 12.1. The molecule has 0 fully saturated rings. The van der Waals surface area contributed by atoms with E-state index in [0.29, 0.717) is 6.04 Å². The lowest BCUT2D eigenvalue weighted by Crippen LogP contribution is -2.25. The van der Waals surface area contributed by atoms with Gasteiger partial charge in [0.05, 0.1) is 12.0 Å². The molecule has 1 aromatic rings. The number of hydrogen-bond acceptors (Lipinski definition) is 2. The molecular weight excluding hydrogens is 184 g/mol. The molecule has 1 aromatic carbocycles. The summed E-state index contributed by atoms with van der Waals surface area (Å²) in [5.74, 6) is 0.0720. The van der Waals surface area contributed by atoms with Gasteiger partial charge in [-0.1, -0.05) is 37.3 Å². The van der Waals surface area contributed by atoms with E-state index in [2.05, 4.69) is 30.4 Å². The van der Waals surface area contributed by atoms with E-state index in [4.69, 9.17) is 5.26 Å². The molecule has 15 heavy (non-hydrogen) atoms. The minimum absolute atomic E-state index is 0.0720. The Hall–Kier alpha value is -1.33. The van der Waals surface area contributed by atoms with E-state index in [0.717, 1.165) is 13.0 Å². The third-order valence-corrected chi connectivity index (χ3v) is 2.50. The summed E-state index contributed by atoms with van der Waals surface area (Å²) in [4.78, 5) is 0. The molecule has 80 valence electrons. The molecule has 2 nitrogen and oxygen atoms in total. The number of benzene rings is 1. The largest absolute Gasteiger partial charge is 0.309 e. The summed E-state index contributed by atoms with van der Waals surface area (Å²) >= 11 is 0. The van der Waals surface area contributed by atoms with Gasteiger partial charge in [-0.25, -0.2) is 0 Å². The molecule has 0 radical (unpaired) electrons. The van der Waals surface area contributed by atoms with Crippen LogP contribution in [-0.4, -0.2) is 6.54 Å². The molecule has 2 atom stereocenters. The maximum absolute atomic E-state index is 8.70. The molecule has 0 aliphatic carbocycles. The first-order chi connectivity index (χ1) is 7.27. The lowest BCUT2D eigenvalue weighted by atomic mass is 10.0. The number of nitrogens with one attached hydrogen (secondary N) is 1. The fraction of sp³-hybridized carbons (Fsp3) is 0.462. The van der Waals surface area contributed by atoms with Crippen molar-refractivity contribution >= 4 is 0 Å². The highest BCUT2D eigenvalue weighted by Crippen LogP contribution is 2.15. The second kappa shape index (κ2) is 6.21. The molecule has 1 rings (SSSR count).